The summed E-state index contributed by atoms with van der Waals surface area (Å²) < 4.78 is 1.54. The third-order valence-electron chi connectivity index (χ3n) is 3.57. The molecular weight excluding hydrogens is 340 g/mol. The van der Waals surface area contributed by atoms with Crippen LogP contribution in [0.5, 0.6) is 0 Å². The van der Waals surface area contributed by atoms with Crippen molar-refractivity contribution in [1.29, 1.82) is 0 Å². The standard InChI is InChI=1S/C17H22N4O3S/c1-3-10-21-16(24)19-20-17(21)25-11-15(23)14-6-4-13(5-7-14)8-9-18-12(2)22/h4-7H,3,8-11H2,1-2H3,(H,18,22)(H,19,24). The summed E-state index contributed by atoms with van der Waals surface area (Å²) in [6, 6.07) is 7.36. The number of H-pyrrole nitrogens is 1. The number of Topliss-reactive ketones (excluding diaryl/α,β-unsaturated/α-hetero) is 1. The lowest BCUT2D eigenvalue weighted by atomic mass is 10.1. The van der Waals surface area contributed by atoms with Gasteiger partial charge in [0.1, 0.15) is 0 Å². The minimum Gasteiger partial charge on any atom is -0.356 e. The normalized spacial score (nSPS) is 10.6. The molecule has 0 radical (unpaired) electrons. The topological polar surface area (TPSA) is 96.8 Å². The summed E-state index contributed by atoms with van der Waals surface area (Å²) in [5.74, 6) is 0.153. The number of amides is 1. The highest BCUT2D eigenvalue weighted by Crippen LogP contribution is 2.16. The second kappa shape index (κ2) is 9.22. The van der Waals surface area contributed by atoms with Crippen LogP contribution in [0.4, 0.5) is 0 Å². The molecular formula is C17H22N4O3S. The van der Waals surface area contributed by atoms with Crippen molar-refractivity contribution in [2.75, 3.05) is 12.3 Å². The quantitative estimate of drug-likeness (QED) is 0.522. The molecule has 0 aliphatic heterocycles. The zero-order chi connectivity index (χ0) is 18.2. The van der Waals surface area contributed by atoms with Crippen molar-refractivity contribution in [3.8, 4) is 0 Å². The maximum Gasteiger partial charge on any atom is 0.343 e. The Morgan fingerprint density at radius 1 is 1.28 bits per heavy atom. The van der Waals surface area contributed by atoms with Crippen LogP contribution in [0, 0.1) is 0 Å². The molecule has 134 valence electrons. The van der Waals surface area contributed by atoms with E-state index in [0.717, 1.165) is 18.4 Å². The predicted octanol–water partition coefficient (Wildman–Crippen LogP) is 1.64. The third-order valence-corrected chi connectivity index (χ3v) is 4.54. The molecule has 1 aromatic carbocycles. The van der Waals surface area contributed by atoms with Gasteiger partial charge in [0.05, 0.1) is 5.75 Å². The van der Waals surface area contributed by atoms with Gasteiger partial charge in [0.25, 0.3) is 0 Å². The maximum absolute atomic E-state index is 12.3. The smallest absolute Gasteiger partial charge is 0.343 e. The van der Waals surface area contributed by atoms with E-state index in [2.05, 4.69) is 15.5 Å². The van der Waals surface area contributed by atoms with E-state index in [-0.39, 0.29) is 23.1 Å². The zero-order valence-electron chi connectivity index (χ0n) is 14.4. The van der Waals surface area contributed by atoms with Gasteiger partial charge in [-0.2, -0.15) is 0 Å². The Kier molecular flexibility index (Phi) is 7.00. The van der Waals surface area contributed by atoms with Crippen molar-refractivity contribution in [2.24, 2.45) is 0 Å². The minimum atomic E-state index is -0.250. The minimum absolute atomic E-state index is 0.0168. The summed E-state index contributed by atoms with van der Waals surface area (Å²) in [6.07, 6.45) is 1.54. The van der Waals surface area contributed by atoms with Gasteiger partial charge in [-0.1, -0.05) is 43.0 Å². The first-order valence-electron chi connectivity index (χ1n) is 8.15. The van der Waals surface area contributed by atoms with E-state index in [1.807, 2.05) is 19.1 Å². The van der Waals surface area contributed by atoms with Gasteiger partial charge >= 0.3 is 5.69 Å². The molecule has 2 rings (SSSR count). The Labute approximate surface area is 150 Å². The Hall–Kier alpha value is -2.35. The molecule has 0 atom stereocenters. The van der Waals surface area contributed by atoms with E-state index >= 15 is 0 Å². The fourth-order valence-corrected chi connectivity index (χ4v) is 3.15. The summed E-state index contributed by atoms with van der Waals surface area (Å²) >= 11 is 1.26. The number of thioether (sulfide) groups is 1. The monoisotopic (exact) mass is 362 g/mol. The van der Waals surface area contributed by atoms with Crippen LogP contribution in [0.25, 0.3) is 0 Å². The molecule has 0 bridgehead atoms. The average Bonchev–Trinajstić information content (AvgIpc) is 2.94. The van der Waals surface area contributed by atoms with Crippen LogP contribution < -0.4 is 11.0 Å². The Morgan fingerprint density at radius 3 is 2.64 bits per heavy atom. The van der Waals surface area contributed by atoms with Gasteiger partial charge in [-0.15, -0.1) is 5.10 Å². The van der Waals surface area contributed by atoms with Crippen molar-refractivity contribution in [3.63, 3.8) is 0 Å². The number of carbonyl (C=O) groups is 2. The van der Waals surface area contributed by atoms with Crippen LogP contribution in [0.2, 0.25) is 0 Å². The van der Waals surface area contributed by atoms with Crippen LogP contribution in [0.15, 0.2) is 34.2 Å². The van der Waals surface area contributed by atoms with Gasteiger partial charge in [0.15, 0.2) is 10.9 Å². The van der Waals surface area contributed by atoms with E-state index in [1.165, 1.54) is 18.7 Å². The van der Waals surface area contributed by atoms with Gasteiger partial charge in [0, 0.05) is 25.6 Å². The largest absolute Gasteiger partial charge is 0.356 e. The molecule has 1 aromatic heterocycles. The summed E-state index contributed by atoms with van der Waals surface area (Å²) in [4.78, 5) is 34.8. The molecule has 7 nitrogen and oxygen atoms in total. The van der Waals surface area contributed by atoms with Crippen LogP contribution in [0.1, 0.15) is 36.2 Å². The number of ketones is 1. The number of carbonyl (C=O) groups excluding carboxylic acids is 2. The average molecular weight is 362 g/mol. The molecule has 1 amide bonds. The molecule has 8 heteroatoms. The first-order chi connectivity index (χ1) is 12.0. The van der Waals surface area contributed by atoms with Gasteiger partial charge in [-0.05, 0) is 18.4 Å². The van der Waals surface area contributed by atoms with Crippen LogP contribution in [-0.4, -0.2) is 38.8 Å². The highest BCUT2D eigenvalue weighted by molar-refractivity contribution is 7.99. The summed E-state index contributed by atoms with van der Waals surface area (Å²) in [5.41, 5.74) is 1.43. The molecule has 1 heterocycles. The van der Waals surface area contributed by atoms with Crippen molar-refractivity contribution >= 4 is 23.5 Å². The molecule has 2 N–H and O–H groups in total. The molecule has 0 saturated carbocycles. The molecule has 0 saturated heterocycles. The van der Waals surface area contributed by atoms with Crippen LogP contribution >= 0.6 is 11.8 Å². The highest BCUT2D eigenvalue weighted by atomic mass is 32.2. The third kappa shape index (κ3) is 5.60. The molecule has 0 spiro atoms. The number of nitrogens with one attached hydrogen (secondary N) is 2. The second-order valence-corrected chi connectivity index (χ2v) is 6.55. The Balaban J connectivity index is 1.90. The predicted molar refractivity (Wildman–Crippen MR) is 97.0 cm³/mol. The van der Waals surface area contributed by atoms with Crippen molar-refractivity contribution in [3.05, 3.63) is 45.9 Å². The summed E-state index contributed by atoms with van der Waals surface area (Å²) in [6.45, 7) is 4.62. The van der Waals surface area contributed by atoms with E-state index < -0.39 is 0 Å². The Bertz CT molecular complexity index is 780. The lowest BCUT2D eigenvalue weighted by molar-refractivity contribution is -0.118. The molecule has 0 fully saturated rings. The number of rotatable bonds is 9. The zero-order valence-corrected chi connectivity index (χ0v) is 15.2. The summed E-state index contributed by atoms with van der Waals surface area (Å²) in [7, 11) is 0. The first-order valence-corrected chi connectivity index (χ1v) is 9.14. The van der Waals surface area contributed by atoms with Crippen molar-refractivity contribution in [2.45, 2.75) is 38.4 Å². The van der Waals surface area contributed by atoms with Gasteiger partial charge in [0.2, 0.25) is 5.91 Å². The van der Waals surface area contributed by atoms with Gasteiger partial charge in [-0.25, -0.2) is 9.89 Å². The molecule has 0 unspecified atom stereocenters. The Morgan fingerprint density at radius 2 is 2.00 bits per heavy atom. The van der Waals surface area contributed by atoms with E-state index in [1.54, 1.807) is 16.7 Å². The van der Waals surface area contributed by atoms with Crippen LogP contribution in [-0.2, 0) is 17.8 Å². The van der Waals surface area contributed by atoms with E-state index in [0.29, 0.717) is 23.8 Å². The SMILES string of the molecule is CCCn1c(SCC(=O)c2ccc(CCNC(C)=O)cc2)n[nH]c1=O. The number of aromatic nitrogens is 3. The van der Waals surface area contributed by atoms with Crippen LogP contribution in [0.3, 0.4) is 0 Å². The van der Waals surface area contributed by atoms with E-state index in [4.69, 9.17) is 0 Å². The molecule has 25 heavy (non-hydrogen) atoms. The second-order valence-electron chi connectivity index (χ2n) is 5.60. The van der Waals surface area contributed by atoms with Crippen molar-refractivity contribution < 1.29 is 9.59 Å². The number of nitrogens with zero attached hydrogens (tertiary/aromatic N) is 2. The molecule has 0 aliphatic carbocycles. The van der Waals surface area contributed by atoms with Gasteiger partial charge < -0.3 is 5.32 Å². The lowest BCUT2D eigenvalue weighted by Crippen LogP contribution is -2.22. The fraction of sp³-hybridized carbons (Fsp3) is 0.412. The first kappa shape index (κ1) is 19.0. The molecule has 2 aromatic rings. The van der Waals surface area contributed by atoms with Crippen molar-refractivity contribution in [1.82, 2.24) is 20.1 Å². The van der Waals surface area contributed by atoms with E-state index in [9.17, 15) is 14.4 Å². The summed E-state index contributed by atoms with van der Waals surface area (Å²) in [5, 5.41) is 9.65. The number of benzene rings is 1. The number of aromatic amines is 1. The fourth-order valence-electron chi connectivity index (χ4n) is 2.29. The molecule has 0 aliphatic rings. The van der Waals surface area contributed by atoms with Gasteiger partial charge in [-0.3, -0.25) is 14.2 Å². The number of hydrogen-bond donors (Lipinski definition) is 2. The maximum atomic E-state index is 12.3. The lowest BCUT2D eigenvalue weighted by Gasteiger charge is -2.05. The highest BCUT2D eigenvalue weighted by Gasteiger charge is 2.12. The number of hydrogen-bond acceptors (Lipinski definition) is 5.